The second-order valence-corrected chi connectivity index (χ2v) is 4.41. The van der Waals surface area contributed by atoms with Gasteiger partial charge in [-0.2, -0.15) is 0 Å². The second kappa shape index (κ2) is 14.6. The second-order valence-electron chi connectivity index (χ2n) is 4.41. The molecular formula is C14H25Cl2N3O. The van der Waals surface area contributed by atoms with E-state index >= 15 is 0 Å². The Morgan fingerprint density at radius 2 is 1.95 bits per heavy atom. The lowest BCUT2D eigenvalue weighted by molar-refractivity contribution is -0.121. The standard InChI is InChI=1S/C14H23N3O.2ClH/c15-9-4-2-1-3-7-14(18)17-11-8-13-6-5-10-16-12-13;;/h5-6,10,12H,1-4,7-9,11,15H2,(H,17,18);2*1H. The summed E-state index contributed by atoms with van der Waals surface area (Å²) in [4.78, 5) is 15.6. The number of nitrogens with two attached hydrogens (primary N) is 1. The van der Waals surface area contributed by atoms with E-state index in [4.69, 9.17) is 5.73 Å². The zero-order chi connectivity index (χ0) is 13.1. The van der Waals surface area contributed by atoms with E-state index in [1.165, 1.54) is 0 Å². The van der Waals surface area contributed by atoms with Crippen LogP contribution < -0.4 is 11.1 Å². The minimum absolute atomic E-state index is 0. The lowest BCUT2D eigenvalue weighted by Gasteiger charge is -2.05. The molecule has 116 valence electrons. The number of unbranched alkanes of at least 4 members (excludes halogenated alkanes) is 3. The Balaban J connectivity index is 0. The highest BCUT2D eigenvalue weighted by molar-refractivity contribution is 5.85. The average molecular weight is 322 g/mol. The fraction of sp³-hybridized carbons (Fsp3) is 0.571. The number of nitrogens with zero attached hydrogens (tertiary/aromatic N) is 1. The SMILES string of the molecule is Cl.Cl.NCCCCCCC(=O)NCCc1cccnc1. The molecule has 1 heterocycles. The number of carbonyl (C=O) groups is 1. The number of pyridine rings is 1. The predicted octanol–water partition coefficient (Wildman–Crippen LogP) is 2.49. The summed E-state index contributed by atoms with van der Waals surface area (Å²) in [7, 11) is 0. The molecule has 1 rings (SSSR count). The maximum atomic E-state index is 11.5. The van der Waals surface area contributed by atoms with Gasteiger partial charge in [0.25, 0.3) is 0 Å². The minimum Gasteiger partial charge on any atom is -0.356 e. The van der Waals surface area contributed by atoms with Gasteiger partial charge in [-0.1, -0.05) is 18.9 Å². The fourth-order valence-corrected chi connectivity index (χ4v) is 1.76. The van der Waals surface area contributed by atoms with Crippen molar-refractivity contribution in [3.05, 3.63) is 30.1 Å². The van der Waals surface area contributed by atoms with Crippen LogP contribution in [-0.2, 0) is 11.2 Å². The van der Waals surface area contributed by atoms with Gasteiger partial charge in [-0.15, -0.1) is 24.8 Å². The molecule has 3 N–H and O–H groups in total. The van der Waals surface area contributed by atoms with Crippen molar-refractivity contribution in [2.24, 2.45) is 5.73 Å². The van der Waals surface area contributed by atoms with Gasteiger partial charge < -0.3 is 11.1 Å². The van der Waals surface area contributed by atoms with Gasteiger partial charge in [0.2, 0.25) is 5.91 Å². The third-order valence-electron chi connectivity index (χ3n) is 2.82. The van der Waals surface area contributed by atoms with Crippen LogP contribution in [0.15, 0.2) is 24.5 Å². The summed E-state index contributed by atoms with van der Waals surface area (Å²) in [5, 5.41) is 2.93. The maximum Gasteiger partial charge on any atom is 0.220 e. The third-order valence-corrected chi connectivity index (χ3v) is 2.82. The van der Waals surface area contributed by atoms with Crippen molar-refractivity contribution < 1.29 is 4.79 Å². The van der Waals surface area contributed by atoms with Crippen molar-refractivity contribution in [1.82, 2.24) is 10.3 Å². The van der Waals surface area contributed by atoms with Gasteiger partial charge >= 0.3 is 0 Å². The average Bonchev–Trinajstić information content (AvgIpc) is 2.40. The quantitative estimate of drug-likeness (QED) is 0.686. The van der Waals surface area contributed by atoms with Gasteiger partial charge in [0.15, 0.2) is 0 Å². The Morgan fingerprint density at radius 1 is 1.20 bits per heavy atom. The predicted molar refractivity (Wildman–Crippen MR) is 87.6 cm³/mol. The van der Waals surface area contributed by atoms with E-state index in [-0.39, 0.29) is 30.7 Å². The van der Waals surface area contributed by atoms with Crippen LogP contribution in [0.25, 0.3) is 0 Å². The summed E-state index contributed by atoms with van der Waals surface area (Å²) in [5.74, 6) is 0.145. The number of hydrogen-bond acceptors (Lipinski definition) is 3. The molecule has 0 radical (unpaired) electrons. The molecule has 0 fully saturated rings. The normalized spacial score (nSPS) is 9.25. The summed E-state index contributed by atoms with van der Waals surface area (Å²) in [5.41, 5.74) is 6.56. The van der Waals surface area contributed by atoms with Crippen LogP contribution in [0.4, 0.5) is 0 Å². The number of rotatable bonds is 9. The van der Waals surface area contributed by atoms with Gasteiger partial charge in [-0.25, -0.2) is 0 Å². The molecule has 0 spiro atoms. The lowest BCUT2D eigenvalue weighted by Crippen LogP contribution is -2.25. The summed E-state index contributed by atoms with van der Waals surface area (Å²) < 4.78 is 0. The number of nitrogens with one attached hydrogen (secondary N) is 1. The first-order valence-corrected chi connectivity index (χ1v) is 6.68. The van der Waals surface area contributed by atoms with Crippen LogP contribution in [0.2, 0.25) is 0 Å². The molecule has 1 amide bonds. The Bertz CT molecular complexity index is 336. The Labute approximate surface area is 133 Å². The van der Waals surface area contributed by atoms with Crippen molar-refractivity contribution in [2.75, 3.05) is 13.1 Å². The molecule has 0 saturated carbocycles. The molecule has 0 atom stereocenters. The molecule has 0 aliphatic rings. The van der Waals surface area contributed by atoms with E-state index in [9.17, 15) is 4.79 Å². The van der Waals surface area contributed by atoms with Crippen LogP contribution in [0, 0.1) is 0 Å². The van der Waals surface area contributed by atoms with Crippen molar-refractivity contribution in [3.8, 4) is 0 Å². The van der Waals surface area contributed by atoms with E-state index in [1.807, 2.05) is 18.3 Å². The van der Waals surface area contributed by atoms with Crippen LogP contribution >= 0.6 is 24.8 Å². The van der Waals surface area contributed by atoms with Crippen LogP contribution in [0.3, 0.4) is 0 Å². The van der Waals surface area contributed by atoms with Gasteiger partial charge in [-0.05, 0) is 37.4 Å². The number of carbonyl (C=O) groups excluding carboxylic acids is 1. The Kier molecular flexibility index (Phi) is 15.6. The van der Waals surface area contributed by atoms with E-state index < -0.39 is 0 Å². The molecule has 0 unspecified atom stereocenters. The number of halogens is 2. The number of amides is 1. The summed E-state index contributed by atoms with van der Waals surface area (Å²) >= 11 is 0. The van der Waals surface area contributed by atoms with Crippen molar-refractivity contribution >= 4 is 30.7 Å². The van der Waals surface area contributed by atoms with Gasteiger partial charge in [-0.3, -0.25) is 9.78 Å². The van der Waals surface area contributed by atoms with Gasteiger partial charge in [0.1, 0.15) is 0 Å². The monoisotopic (exact) mass is 321 g/mol. The Hall–Kier alpha value is -0.840. The van der Waals surface area contributed by atoms with E-state index in [1.54, 1.807) is 6.20 Å². The first kappa shape index (κ1) is 21.5. The zero-order valence-electron chi connectivity index (χ0n) is 11.7. The first-order valence-electron chi connectivity index (χ1n) is 6.68. The highest BCUT2D eigenvalue weighted by atomic mass is 35.5. The molecular weight excluding hydrogens is 297 g/mol. The number of aromatic nitrogens is 1. The molecule has 0 aliphatic carbocycles. The van der Waals surface area contributed by atoms with Crippen LogP contribution in [-0.4, -0.2) is 24.0 Å². The molecule has 0 saturated heterocycles. The maximum absolute atomic E-state index is 11.5. The molecule has 1 aromatic heterocycles. The molecule has 6 heteroatoms. The zero-order valence-corrected chi connectivity index (χ0v) is 13.3. The largest absolute Gasteiger partial charge is 0.356 e. The van der Waals surface area contributed by atoms with Crippen molar-refractivity contribution in [3.63, 3.8) is 0 Å². The van der Waals surface area contributed by atoms with E-state index in [0.717, 1.165) is 44.2 Å². The summed E-state index contributed by atoms with van der Waals surface area (Å²) in [6.07, 6.45) is 9.28. The minimum atomic E-state index is 0. The topological polar surface area (TPSA) is 68.0 Å². The number of hydrogen-bond donors (Lipinski definition) is 2. The molecule has 0 aliphatic heterocycles. The van der Waals surface area contributed by atoms with Gasteiger partial charge in [0.05, 0.1) is 0 Å². The molecule has 0 aromatic carbocycles. The highest BCUT2D eigenvalue weighted by Gasteiger charge is 2.00. The van der Waals surface area contributed by atoms with Crippen molar-refractivity contribution in [1.29, 1.82) is 0 Å². The molecule has 0 bridgehead atoms. The van der Waals surface area contributed by atoms with Crippen LogP contribution in [0.1, 0.15) is 37.7 Å². The molecule has 4 nitrogen and oxygen atoms in total. The molecule has 20 heavy (non-hydrogen) atoms. The van der Waals surface area contributed by atoms with Gasteiger partial charge in [0, 0.05) is 25.4 Å². The third kappa shape index (κ3) is 11.0. The summed E-state index contributed by atoms with van der Waals surface area (Å²) in [6.45, 7) is 1.44. The highest BCUT2D eigenvalue weighted by Crippen LogP contribution is 2.02. The fourth-order valence-electron chi connectivity index (χ4n) is 1.76. The summed E-state index contributed by atoms with van der Waals surface area (Å²) in [6, 6.07) is 3.93. The lowest BCUT2D eigenvalue weighted by atomic mass is 10.1. The van der Waals surface area contributed by atoms with E-state index in [2.05, 4.69) is 10.3 Å². The smallest absolute Gasteiger partial charge is 0.220 e. The van der Waals surface area contributed by atoms with Crippen molar-refractivity contribution in [2.45, 2.75) is 38.5 Å². The molecule has 1 aromatic rings. The first-order chi connectivity index (χ1) is 8.83. The van der Waals surface area contributed by atoms with Crippen LogP contribution in [0.5, 0.6) is 0 Å². The Morgan fingerprint density at radius 3 is 2.60 bits per heavy atom. The van der Waals surface area contributed by atoms with E-state index in [0.29, 0.717) is 13.0 Å².